The van der Waals surface area contributed by atoms with Crippen molar-refractivity contribution in [3.05, 3.63) is 59.1 Å². The van der Waals surface area contributed by atoms with Crippen LogP contribution < -0.4 is 5.32 Å². The molecule has 0 bridgehead atoms. The van der Waals surface area contributed by atoms with Gasteiger partial charge < -0.3 is 10.1 Å². The molecule has 0 radical (unpaired) electrons. The smallest absolute Gasteiger partial charge is 0.338 e. The Morgan fingerprint density at radius 1 is 1.16 bits per heavy atom. The normalized spacial score (nSPS) is 17.5. The first-order valence-corrected chi connectivity index (χ1v) is 11.1. The van der Waals surface area contributed by atoms with Crippen molar-refractivity contribution in [2.75, 3.05) is 18.5 Å². The summed E-state index contributed by atoms with van der Waals surface area (Å²) in [4.78, 5) is 43.3. The molecule has 1 saturated heterocycles. The Kier molecular flexibility index (Phi) is 7.70. The number of benzene rings is 2. The van der Waals surface area contributed by atoms with Crippen LogP contribution in [0.15, 0.2) is 53.5 Å². The predicted molar refractivity (Wildman–Crippen MR) is 123 cm³/mol. The number of rotatable bonds is 6. The lowest BCUT2D eigenvalue weighted by atomic mass is 10.2. The van der Waals surface area contributed by atoms with Gasteiger partial charge in [-0.25, -0.2) is 9.79 Å². The highest BCUT2D eigenvalue weighted by atomic mass is 35.5. The second-order valence-electron chi connectivity index (χ2n) is 6.61. The summed E-state index contributed by atoms with van der Waals surface area (Å²) in [5.74, 6) is -0.848. The Balaban J connectivity index is 1.77. The number of hydrogen-bond acceptors (Lipinski definition) is 6. The zero-order valence-electron chi connectivity index (χ0n) is 17.1. The molecule has 0 spiro atoms. The van der Waals surface area contributed by atoms with Gasteiger partial charge in [0.05, 0.1) is 17.9 Å². The van der Waals surface area contributed by atoms with Crippen LogP contribution in [0.2, 0.25) is 5.02 Å². The number of carbonyl (C=O) groups excluding carboxylic acids is 3. The number of nitrogens with zero attached hydrogens (tertiary/aromatic N) is 2. The van der Waals surface area contributed by atoms with E-state index >= 15 is 0 Å². The summed E-state index contributed by atoms with van der Waals surface area (Å²) in [6.45, 7) is 4.34. The molecule has 9 heteroatoms. The molecule has 1 N–H and O–H groups in total. The van der Waals surface area contributed by atoms with Crippen molar-refractivity contribution in [2.24, 2.45) is 4.99 Å². The lowest BCUT2D eigenvalue weighted by Gasteiger charge is -2.30. The standard InChI is InChI=1S/C22H22ClN3O4S/c1-3-26-19(27)13-18(20(28)24-16-11-7-15(23)8-12-16)31-22(26)25-17-9-5-14(6-10-17)21(29)30-4-2/h5-12,18H,3-4,13H2,1-2H3,(H,24,28)/t18-/m1/s1. The zero-order chi connectivity index (χ0) is 22.4. The van der Waals surface area contributed by atoms with Crippen molar-refractivity contribution in [3.63, 3.8) is 0 Å². The fourth-order valence-corrected chi connectivity index (χ4v) is 4.19. The molecule has 1 atom stereocenters. The minimum atomic E-state index is -0.608. The molecule has 7 nitrogen and oxygen atoms in total. The Hall–Kier alpha value is -2.84. The van der Waals surface area contributed by atoms with E-state index in [0.29, 0.717) is 40.3 Å². The Morgan fingerprint density at radius 3 is 2.45 bits per heavy atom. The summed E-state index contributed by atoms with van der Waals surface area (Å²) in [6, 6.07) is 13.4. The van der Waals surface area contributed by atoms with Gasteiger partial charge in [0, 0.05) is 23.7 Å². The van der Waals surface area contributed by atoms with Crippen molar-refractivity contribution >= 4 is 57.7 Å². The van der Waals surface area contributed by atoms with Crippen molar-refractivity contribution in [2.45, 2.75) is 25.5 Å². The van der Waals surface area contributed by atoms with Crippen LogP contribution in [0.1, 0.15) is 30.6 Å². The van der Waals surface area contributed by atoms with Crippen LogP contribution in [0.3, 0.4) is 0 Å². The highest BCUT2D eigenvalue weighted by Crippen LogP contribution is 2.30. The van der Waals surface area contributed by atoms with Crippen LogP contribution in [0.5, 0.6) is 0 Å². The average Bonchev–Trinajstić information content (AvgIpc) is 2.76. The zero-order valence-corrected chi connectivity index (χ0v) is 18.7. The number of hydrogen-bond donors (Lipinski definition) is 1. The first-order chi connectivity index (χ1) is 14.9. The summed E-state index contributed by atoms with van der Waals surface area (Å²) in [5.41, 5.74) is 1.60. The van der Waals surface area contributed by atoms with Crippen LogP contribution in [-0.2, 0) is 14.3 Å². The Morgan fingerprint density at radius 2 is 1.84 bits per heavy atom. The second kappa shape index (κ2) is 10.5. The molecule has 162 valence electrons. The van der Waals surface area contributed by atoms with E-state index in [1.807, 2.05) is 6.92 Å². The van der Waals surface area contributed by atoms with E-state index in [1.54, 1.807) is 60.4 Å². The maximum Gasteiger partial charge on any atom is 0.338 e. The van der Waals surface area contributed by atoms with E-state index in [-0.39, 0.29) is 18.2 Å². The third-order valence-electron chi connectivity index (χ3n) is 4.46. The van der Waals surface area contributed by atoms with Gasteiger partial charge in [-0.15, -0.1) is 0 Å². The predicted octanol–water partition coefficient (Wildman–Crippen LogP) is 4.50. The van der Waals surface area contributed by atoms with Crippen LogP contribution in [0.4, 0.5) is 11.4 Å². The van der Waals surface area contributed by atoms with E-state index in [9.17, 15) is 14.4 Å². The maximum absolute atomic E-state index is 12.7. The highest BCUT2D eigenvalue weighted by molar-refractivity contribution is 8.15. The number of anilines is 1. The number of thioether (sulfide) groups is 1. The largest absolute Gasteiger partial charge is 0.462 e. The topological polar surface area (TPSA) is 88.1 Å². The van der Waals surface area contributed by atoms with Crippen LogP contribution in [-0.4, -0.2) is 46.3 Å². The lowest BCUT2D eigenvalue weighted by Crippen LogP contribution is -2.45. The first-order valence-electron chi connectivity index (χ1n) is 9.80. The third-order valence-corrected chi connectivity index (χ3v) is 5.90. The average molecular weight is 460 g/mol. The molecule has 0 unspecified atom stereocenters. The number of carbonyl (C=O) groups is 3. The van der Waals surface area contributed by atoms with Gasteiger partial charge in [0.15, 0.2) is 5.17 Å². The number of nitrogens with one attached hydrogen (secondary N) is 1. The Bertz CT molecular complexity index is 993. The molecule has 31 heavy (non-hydrogen) atoms. The number of aliphatic imine (C=N–C) groups is 1. The van der Waals surface area contributed by atoms with Gasteiger partial charge in [-0.3, -0.25) is 14.5 Å². The summed E-state index contributed by atoms with van der Waals surface area (Å²) < 4.78 is 4.98. The third kappa shape index (κ3) is 5.86. The lowest BCUT2D eigenvalue weighted by molar-refractivity contribution is -0.129. The molecule has 2 aromatic carbocycles. The van der Waals surface area contributed by atoms with Crippen LogP contribution in [0, 0.1) is 0 Å². The number of esters is 1. The molecular weight excluding hydrogens is 438 g/mol. The summed E-state index contributed by atoms with van der Waals surface area (Å²) in [5, 5.41) is 3.22. The SMILES string of the molecule is CCOC(=O)c1ccc(N=C2S[C@@H](C(=O)Nc3ccc(Cl)cc3)CC(=O)N2CC)cc1. The number of ether oxygens (including phenoxy) is 1. The number of amides is 2. The van der Waals surface area contributed by atoms with Gasteiger partial charge in [-0.1, -0.05) is 23.4 Å². The molecule has 2 aromatic rings. The van der Waals surface area contributed by atoms with Crippen molar-refractivity contribution in [3.8, 4) is 0 Å². The molecule has 0 saturated carbocycles. The quantitative estimate of drug-likeness (QED) is 0.642. The summed E-state index contributed by atoms with van der Waals surface area (Å²) in [7, 11) is 0. The molecule has 1 fully saturated rings. The molecule has 1 heterocycles. The van der Waals surface area contributed by atoms with E-state index in [2.05, 4.69) is 10.3 Å². The van der Waals surface area contributed by atoms with Gasteiger partial charge in [-0.2, -0.15) is 0 Å². The van der Waals surface area contributed by atoms with Crippen molar-refractivity contribution < 1.29 is 19.1 Å². The van der Waals surface area contributed by atoms with Crippen LogP contribution in [0.25, 0.3) is 0 Å². The fourth-order valence-electron chi connectivity index (χ4n) is 2.91. The van der Waals surface area contributed by atoms with Gasteiger partial charge in [-0.05, 0) is 62.4 Å². The number of halogens is 1. The molecule has 0 aliphatic carbocycles. The summed E-state index contributed by atoms with van der Waals surface area (Å²) in [6.07, 6.45) is 0.0821. The minimum absolute atomic E-state index is 0.0821. The van der Waals surface area contributed by atoms with Gasteiger partial charge >= 0.3 is 5.97 Å². The molecular formula is C22H22ClN3O4S. The summed E-state index contributed by atoms with van der Waals surface area (Å²) >= 11 is 7.12. The molecule has 2 amide bonds. The second-order valence-corrected chi connectivity index (χ2v) is 8.21. The van der Waals surface area contributed by atoms with Crippen molar-refractivity contribution in [1.82, 2.24) is 4.90 Å². The Labute approximate surface area is 189 Å². The highest BCUT2D eigenvalue weighted by Gasteiger charge is 2.35. The van der Waals surface area contributed by atoms with Crippen molar-refractivity contribution in [1.29, 1.82) is 0 Å². The van der Waals surface area contributed by atoms with E-state index < -0.39 is 11.2 Å². The molecule has 3 rings (SSSR count). The van der Waals surface area contributed by atoms with E-state index in [0.717, 1.165) is 0 Å². The van der Waals surface area contributed by atoms with E-state index in [4.69, 9.17) is 16.3 Å². The maximum atomic E-state index is 12.7. The molecule has 0 aromatic heterocycles. The van der Waals surface area contributed by atoms with Crippen LogP contribution >= 0.6 is 23.4 Å². The number of amidine groups is 1. The monoisotopic (exact) mass is 459 g/mol. The fraction of sp³-hybridized carbons (Fsp3) is 0.273. The van der Waals surface area contributed by atoms with Gasteiger partial charge in [0.2, 0.25) is 11.8 Å². The molecule has 1 aliphatic rings. The van der Waals surface area contributed by atoms with E-state index in [1.165, 1.54) is 11.8 Å². The first kappa shape index (κ1) is 22.8. The van der Waals surface area contributed by atoms with Gasteiger partial charge in [0.1, 0.15) is 5.25 Å². The molecule has 1 aliphatic heterocycles. The minimum Gasteiger partial charge on any atom is -0.462 e. The van der Waals surface area contributed by atoms with Gasteiger partial charge in [0.25, 0.3) is 0 Å².